The van der Waals surface area contributed by atoms with E-state index in [1.165, 1.54) is 18.4 Å². The first-order valence-corrected chi connectivity index (χ1v) is 7.32. The Labute approximate surface area is 114 Å². The Morgan fingerprint density at radius 3 is 2.68 bits per heavy atom. The topological polar surface area (TPSA) is 46.3 Å². The number of benzene rings is 1. The zero-order valence-electron chi connectivity index (χ0n) is 11.3. The van der Waals surface area contributed by atoms with Crippen molar-refractivity contribution in [1.29, 1.82) is 0 Å². The molecular weight excluding hydrogens is 236 g/mol. The van der Waals surface area contributed by atoms with Gasteiger partial charge in [0.1, 0.15) is 0 Å². The fourth-order valence-electron chi connectivity index (χ4n) is 3.01. The number of nitrogens with two attached hydrogens (primary N) is 1. The average Bonchev–Trinajstić information content (AvgIpc) is 3.17. The zero-order chi connectivity index (χ0) is 13.2. The average molecular weight is 258 g/mol. The molecule has 1 saturated carbocycles. The summed E-state index contributed by atoms with van der Waals surface area (Å²) in [5.74, 6) is 1.36. The predicted octanol–water partition coefficient (Wildman–Crippen LogP) is 2.13. The van der Waals surface area contributed by atoms with Crippen LogP contribution < -0.4 is 5.73 Å². The molecule has 0 aromatic heterocycles. The molecule has 2 unspecified atom stereocenters. The summed E-state index contributed by atoms with van der Waals surface area (Å²) < 4.78 is 0. The number of carbonyl (C=O) groups excluding carboxylic acids is 1. The van der Waals surface area contributed by atoms with E-state index >= 15 is 0 Å². The van der Waals surface area contributed by atoms with Crippen LogP contribution in [0.25, 0.3) is 0 Å². The van der Waals surface area contributed by atoms with Gasteiger partial charge in [-0.05, 0) is 30.7 Å². The molecule has 3 nitrogen and oxygen atoms in total. The molecule has 3 heteroatoms. The van der Waals surface area contributed by atoms with Gasteiger partial charge < -0.3 is 10.6 Å². The van der Waals surface area contributed by atoms with Crippen molar-refractivity contribution >= 4 is 5.91 Å². The van der Waals surface area contributed by atoms with Gasteiger partial charge in [0.15, 0.2) is 0 Å². The normalized spacial score (nSPS) is 24.5. The Morgan fingerprint density at radius 2 is 2.00 bits per heavy atom. The van der Waals surface area contributed by atoms with Crippen LogP contribution in [0.3, 0.4) is 0 Å². The van der Waals surface area contributed by atoms with E-state index in [1.807, 2.05) is 11.0 Å². The molecule has 1 heterocycles. The van der Waals surface area contributed by atoms with Crippen LogP contribution in [-0.4, -0.2) is 29.9 Å². The van der Waals surface area contributed by atoms with Crippen molar-refractivity contribution in [3.8, 4) is 0 Å². The number of hydrogen-bond acceptors (Lipinski definition) is 2. The van der Waals surface area contributed by atoms with E-state index in [0.717, 1.165) is 19.5 Å². The second-order valence-corrected chi connectivity index (χ2v) is 5.94. The maximum atomic E-state index is 12.2. The highest BCUT2D eigenvalue weighted by Crippen LogP contribution is 2.34. The van der Waals surface area contributed by atoms with Gasteiger partial charge in [-0.25, -0.2) is 0 Å². The summed E-state index contributed by atoms with van der Waals surface area (Å²) in [5, 5.41) is 0. The molecule has 1 aliphatic carbocycles. The summed E-state index contributed by atoms with van der Waals surface area (Å²) >= 11 is 0. The van der Waals surface area contributed by atoms with E-state index in [1.54, 1.807) is 0 Å². The first-order chi connectivity index (χ1) is 9.24. The highest BCUT2D eigenvalue weighted by Gasteiger charge is 2.33. The number of likely N-dealkylation sites (tertiary alicyclic amines) is 1. The van der Waals surface area contributed by atoms with Crippen molar-refractivity contribution in [3.05, 3.63) is 35.9 Å². The van der Waals surface area contributed by atoms with Gasteiger partial charge >= 0.3 is 0 Å². The van der Waals surface area contributed by atoms with Crippen LogP contribution in [-0.2, 0) is 4.79 Å². The monoisotopic (exact) mass is 258 g/mol. The van der Waals surface area contributed by atoms with Gasteiger partial charge in [0, 0.05) is 31.5 Å². The van der Waals surface area contributed by atoms with Gasteiger partial charge in [-0.3, -0.25) is 4.79 Å². The Kier molecular flexibility index (Phi) is 3.56. The Bertz CT molecular complexity index is 441. The molecule has 2 aliphatic rings. The molecule has 1 aliphatic heterocycles. The lowest BCUT2D eigenvalue weighted by Gasteiger charge is -2.19. The summed E-state index contributed by atoms with van der Waals surface area (Å²) in [5.41, 5.74) is 7.40. The summed E-state index contributed by atoms with van der Waals surface area (Å²) in [4.78, 5) is 14.2. The standard InChI is InChI=1S/C16H22N2O/c17-15(13-6-7-13)10-16(19)18-9-8-14(11-18)12-4-2-1-3-5-12/h1-5,13-15H,6-11,17H2. The number of nitrogens with zero attached hydrogens (tertiary/aromatic N) is 1. The molecule has 3 rings (SSSR count). The molecule has 0 radical (unpaired) electrons. The Balaban J connectivity index is 1.55. The zero-order valence-corrected chi connectivity index (χ0v) is 11.3. The van der Waals surface area contributed by atoms with E-state index in [4.69, 9.17) is 5.73 Å². The Hall–Kier alpha value is -1.35. The molecular formula is C16H22N2O. The second-order valence-electron chi connectivity index (χ2n) is 5.94. The summed E-state index contributed by atoms with van der Waals surface area (Å²) in [6, 6.07) is 10.6. The van der Waals surface area contributed by atoms with Crippen LogP contribution in [0.15, 0.2) is 30.3 Å². The molecule has 1 saturated heterocycles. The van der Waals surface area contributed by atoms with Crippen molar-refractivity contribution in [2.75, 3.05) is 13.1 Å². The predicted molar refractivity (Wildman–Crippen MR) is 75.7 cm³/mol. The third-order valence-corrected chi connectivity index (χ3v) is 4.45. The van der Waals surface area contributed by atoms with Gasteiger partial charge in [-0.15, -0.1) is 0 Å². The van der Waals surface area contributed by atoms with Crippen LogP contribution in [0.5, 0.6) is 0 Å². The van der Waals surface area contributed by atoms with Gasteiger partial charge in [0.05, 0.1) is 0 Å². The summed E-state index contributed by atoms with van der Waals surface area (Å²) in [6.45, 7) is 1.75. The molecule has 0 bridgehead atoms. The molecule has 2 N–H and O–H groups in total. The van der Waals surface area contributed by atoms with E-state index in [-0.39, 0.29) is 11.9 Å². The maximum absolute atomic E-state index is 12.2. The third kappa shape index (κ3) is 2.98. The van der Waals surface area contributed by atoms with Gasteiger partial charge in [-0.2, -0.15) is 0 Å². The number of amides is 1. The van der Waals surface area contributed by atoms with E-state index in [2.05, 4.69) is 24.3 Å². The van der Waals surface area contributed by atoms with E-state index in [0.29, 0.717) is 18.3 Å². The van der Waals surface area contributed by atoms with Gasteiger partial charge in [0.2, 0.25) is 5.91 Å². The first kappa shape index (κ1) is 12.7. The second kappa shape index (κ2) is 5.33. The molecule has 1 amide bonds. The molecule has 1 aromatic carbocycles. The minimum absolute atomic E-state index is 0.0864. The van der Waals surface area contributed by atoms with Crippen LogP contribution in [0.4, 0.5) is 0 Å². The summed E-state index contributed by atoms with van der Waals surface area (Å²) in [6.07, 6.45) is 4.03. The lowest BCUT2D eigenvalue weighted by atomic mass is 9.99. The minimum Gasteiger partial charge on any atom is -0.342 e. The number of rotatable bonds is 4. The SMILES string of the molecule is NC(CC(=O)N1CCC(c2ccccc2)C1)C1CC1. The van der Waals surface area contributed by atoms with Gasteiger partial charge in [0.25, 0.3) is 0 Å². The minimum atomic E-state index is 0.0864. The van der Waals surface area contributed by atoms with Crippen molar-refractivity contribution in [2.45, 2.75) is 37.6 Å². The molecule has 2 atom stereocenters. The van der Waals surface area contributed by atoms with Crippen molar-refractivity contribution < 1.29 is 4.79 Å². The molecule has 1 aromatic rings. The first-order valence-electron chi connectivity index (χ1n) is 7.32. The lowest BCUT2D eigenvalue weighted by molar-refractivity contribution is -0.130. The van der Waals surface area contributed by atoms with Gasteiger partial charge in [-0.1, -0.05) is 30.3 Å². The molecule has 2 fully saturated rings. The fraction of sp³-hybridized carbons (Fsp3) is 0.562. The van der Waals surface area contributed by atoms with Crippen LogP contribution >= 0.6 is 0 Å². The largest absolute Gasteiger partial charge is 0.342 e. The highest BCUT2D eigenvalue weighted by molar-refractivity contribution is 5.77. The van der Waals surface area contributed by atoms with E-state index in [9.17, 15) is 4.79 Å². The smallest absolute Gasteiger partial charge is 0.224 e. The number of carbonyl (C=O) groups is 1. The van der Waals surface area contributed by atoms with Crippen LogP contribution in [0.1, 0.15) is 37.2 Å². The third-order valence-electron chi connectivity index (χ3n) is 4.45. The van der Waals surface area contributed by atoms with Crippen LogP contribution in [0.2, 0.25) is 0 Å². The van der Waals surface area contributed by atoms with E-state index < -0.39 is 0 Å². The van der Waals surface area contributed by atoms with Crippen molar-refractivity contribution in [3.63, 3.8) is 0 Å². The van der Waals surface area contributed by atoms with Crippen molar-refractivity contribution in [1.82, 2.24) is 4.90 Å². The quantitative estimate of drug-likeness (QED) is 0.899. The fourth-order valence-corrected chi connectivity index (χ4v) is 3.01. The maximum Gasteiger partial charge on any atom is 0.224 e. The van der Waals surface area contributed by atoms with Crippen LogP contribution in [0, 0.1) is 5.92 Å². The molecule has 102 valence electrons. The lowest BCUT2D eigenvalue weighted by Crippen LogP contribution is -2.35. The highest BCUT2D eigenvalue weighted by atomic mass is 16.2. The molecule has 19 heavy (non-hydrogen) atoms. The Morgan fingerprint density at radius 1 is 1.26 bits per heavy atom. The molecule has 0 spiro atoms. The van der Waals surface area contributed by atoms with Crippen molar-refractivity contribution in [2.24, 2.45) is 11.7 Å². The number of hydrogen-bond donors (Lipinski definition) is 1. The summed E-state index contributed by atoms with van der Waals surface area (Å²) in [7, 11) is 0.